The zero-order valence-electron chi connectivity index (χ0n) is 9.47. The molecular formula is C11H13NO4S. The Morgan fingerprint density at radius 1 is 1.41 bits per heavy atom. The Kier molecular flexibility index (Phi) is 3.90. The predicted octanol–water partition coefficient (Wildman–Crippen LogP) is 1.46. The first kappa shape index (κ1) is 13.2. The summed E-state index contributed by atoms with van der Waals surface area (Å²) in [5, 5.41) is 8.49. The van der Waals surface area contributed by atoms with Crippen molar-refractivity contribution in [1.29, 1.82) is 0 Å². The summed E-state index contributed by atoms with van der Waals surface area (Å²) in [6.07, 6.45) is 3.56. The molecule has 0 aliphatic rings. The van der Waals surface area contributed by atoms with Crippen LogP contribution in [-0.2, 0) is 14.8 Å². The number of hydrogen-bond acceptors (Lipinski definition) is 3. The molecule has 0 spiro atoms. The van der Waals surface area contributed by atoms with Crippen molar-refractivity contribution in [1.82, 2.24) is 0 Å². The summed E-state index contributed by atoms with van der Waals surface area (Å²) in [4.78, 5) is 10.4. The number of carboxylic acids is 1. The van der Waals surface area contributed by atoms with Crippen molar-refractivity contribution in [2.24, 2.45) is 0 Å². The van der Waals surface area contributed by atoms with Crippen LogP contribution in [0.4, 0.5) is 5.69 Å². The van der Waals surface area contributed by atoms with E-state index in [2.05, 4.69) is 4.72 Å². The van der Waals surface area contributed by atoms with Crippen LogP contribution >= 0.6 is 0 Å². The topological polar surface area (TPSA) is 83.5 Å². The van der Waals surface area contributed by atoms with E-state index >= 15 is 0 Å². The van der Waals surface area contributed by atoms with Gasteiger partial charge < -0.3 is 5.11 Å². The molecule has 0 saturated carbocycles. The monoisotopic (exact) mass is 255 g/mol. The van der Waals surface area contributed by atoms with Gasteiger partial charge in [-0.15, -0.1) is 0 Å². The van der Waals surface area contributed by atoms with E-state index in [1.54, 1.807) is 25.1 Å². The van der Waals surface area contributed by atoms with Crippen LogP contribution < -0.4 is 4.72 Å². The molecule has 5 nitrogen and oxygen atoms in total. The molecule has 0 bridgehead atoms. The van der Waals surface area contributed by atoms with Crippen LogP contribution in [0.15, 0.2) is 24.3 Å². The molecule has 2 N–H and O–H groups in total. The van der Waals surface area contributed by atoms with Crippen molar-refractivity contribution in [3.05, 3.63) is 35.4 Å². The Morgan fingerprint density at radius 2 is 2.06 bits per heavy atom. The van der Waals surface area contributed by atoms with Crippen molar-refractivity contribution in [2.75, 3.05) is 11.0 Å². The minimum Gasteiger partial charge on any atom is -0.478 e. The molecule has 0 heterocycles. The lowest BCUT2D eigenvalue weighted by Gasteiger charge is -2.06. The second kappa shape index (κ2) is 5.01. The number of carbonyl (C=O) groups is 1. The number of hydrogen-bond donors (Lipinski definition) is 2. The fourth-order valence-electron chi connectivity index (χ4n) is 1.30. The summed E-state index contributed by atoms with van der Waals surface area (Å²) >= 11 is 0. The summed E-state index contributed by atoms with van der Waals surface area (Å²) < 4.78 is 24.4. The molecule has 0 radical (unpaired) electrons. The summed E-state index contributed by atoms with van der Waals surface area (Å²) in [6, 6.07) is 4.88. The largest absolute Gasteiger partial charge is 0.478 e. The van der Waals surface area contributed by atoms with Crippen LogP contribution in [0.5, 0.6) is 0 Å². The highest BCUT2D eigenvalue weighted by molar-refractivity contribution is 7.92. The maximum Gasteiger partial charge on any atom is 0.328 e. The Balaban J connectivity index is 2.98. The van der Waals surface area contributed by atoms with Crippen molar-refractivity contribution < 1.29 is 18.3 Å². The molecule has 0 atom stereocenters. The third-order valence-electron chi connectivity index (χ3n) is 1.98. The highest BCUT2D eigenvalue weighted by atomic mass is 32.2. The lowest BCUT2D eigenvalue weighted by Crippen LogP contribution is -2.09. The molecule has 0 aromatic heterocycles. The number of anilines is 1. The van der Waals surface area contributed by atoms with E-state index in [-0.39, 0.29) is 0 Å². The highest BCUT2D eigenvalue weighted by Gasteiger charge is 2.03. The molecule has 92 valence electrons. The van der Waals surface area contributed by atoms with Gasteiger partial charge in [0.15, 0.2) is 0 Å². The van der Waals surface area contributed by atoms with E-state index in [9.17, 15) is 13.2 Å². The second-order valence-corrected chi connectivity index (χ2v) is 5.37. The molecule has 0 unspecified atom stereocenters. The molecule has 0 fully saturated rings. The fourth-order valence-corrected chi connectivity index (χ4v) is 1.86. The third-order valence-corrected chi connectivity index (χ3v) is 2.59. The van der Waals surface area contributed by atoms with Gasteiger partial charge >= 0.3 is 5.97 Å². The summed E-state index contributed by atoms with van der Waals surface area (Å²) in [5.74, 6) is -1.03. The summed E-state index contributed by atoms with van der Waals surface area (Å²) in [5.41, 5.74) is 1.97. The molecule has 0 saturated heterocycles. The molecule has 1 rings (SSSR count). The molecule has 6 heteroatoms. The van der Waals surface area contributed by atoms with Gasteiger partial charge in [-0.2, -0.15) is 0 Å². The Hall–Kier alpha value is -1.82. The van der Waals surface area contributed by atoms with Crippen molar-refractivity contribution >= 4 is 27.8 Å². The molecule has 1 aromatic rings. The number of aryl methyl sites for hydroxylation is 1. The van der Waals surface area contributed by atoms with Crippen LogP contribution in [0.2, 0.25) is 0 Å². The van der Waals surface area contributed by atoms with Crippen molar-refractivity contribution in [2.45, 2.75) is 6.92 Å². The van der Waals surface area contributed by atoms with Gasteiger partial charge in [0.2, 0.25) is 10.0 Å². The number of rotatable bonds is 4. The van der Waals surface area contributed by atoms with E-state index < -0.39 is 16.0 Å². The number of nitrogens with one attached hydrogen (secondary N) is 1. The maximum absolute atomic E-state index is 11.0. The van der Waals surface area contributed by atoms with E-state index in [1.807, 2.05) is 0 Å². The smallest absolute Gasteiger partial charge is 0.328 e. The maximum atomic E-state index is 11.0. The summed E-state index contributed by atoms with van der Waals surface area (Å²) in [6.45, 7) is 1.77. The zero-order chi connectivity index (χ0) is 13.1. The van der Waals surface area contributed by atoms with Crippen LogP contribution in [0, 0.1) is 6.92 Å². The van der Waals surface area contributed by atoms with Gasteiger partial charge in [-0.05, 0) is 36.3 Å². The minimum absolute atomic E-state index is 0.456. The first-order valence-corrected chi connectivity index (χ1v) is 6.66. The van der Waals surface area contributed by atoms with Gasteiger partial charge in [0, 0.05) is 11.8 Å². The van der Waals surface area contributed by atoms with E-state index in [0.717, 1.165) is 23.5 Å². The number of aliphatic carboxylic acids is 1. The molecular weight excluding hydrogens is 242 g/mol. The van der Waals surface area contributed by atoms with E-state index in [1.165, 1.54) is 6.08 Å². The number of benzene rings is 1. The average Bonchev–Trinajstić information content (AvgIpc) is 2.13. The van der Waals surface area contributed by atoms with E-state index in [0.29, 0.717) is 5.69 Å². The highest BCUT2D eigenvalue weighted by Crippen LogP contribution is 2.17. The minimum atomic E-state index is -3.29. The molecule has 0 aliphatic carbocycles. The Labute approximate surface area is 99.8 Å². The predicted molar refractivity (Wildman–Crippen MR) is 66.3 cm³/mol. The standard InChI is InChI=1S/C11H13NO4S/c1-8-7-10(12-17(2,15)16)5-3-9(8)4-6-11(13)14/h3-7,12H,1-2H3,(H,13,14). The molecule has 0 amide bonds. The van der Waals surface area contributed by atoms with Crippen LogP contribution in [0.3, 0.4) is 0 Å². The third kappa shape index (κ3) is 4.69. The number of sulfonamides is 1. The number of carboxylic acid groups (broad SMARTS) is 1. The van der Waals surface area contributed by atoms with Gasteiger partial charge in [-0.25, -0.2) is 13.2 Å². The first-order valence-electron chi connectivity index (χ1n) is 4.77. The quantitative estimate of drug-likeness (QED) is 0.798. The van der Waals surface area contributed by atoms with Gasteiger partial charge in [0.25, 0.3) is 0 Å². The van der Waals surface area contributed by atoms with Crippen LogP contribution in [-0.4, -0.2) is 25.7 Å². The fraction of sp³-hybridized carbons (Fsp3) is 0.182. The molecule has 0 aliphatic heterocycles. The van der Waals surface area contributed by atoms with Crippen molar-refractivity contribution in [3.8, 4) is 0 Å². The van der Waals surface area contributed by atoms with Gasteiger partial charge in [-0.1, -0.05) is 6.07 Å². The first-order chi connectivity index (χ1) is 7.78. The lowest BCUT2D eigenvalue weighted by molar-refractivity contribution is -0.131. The van der Waals surface area contributed by atoms with Gasteiger partial charge in [-0.3, -0.25) is 4.72 Å². The summed E-state index contributed by atoms with van der Waals surface area (Å²) in [7, 11) is -3.29. The normalized spacial score (nSPS) is 11.6. The average molecular weight is 255 g/mol. The second-order valence-electron chi connectivity index (χ2n) is 3.62. The van der Waals surface area contributed by atoms with Gasteiger partial charge in [0.05, 0.1) is 6.26 Å². The Morgan fingerprint density at radius 3 is 2.53 bits per heavy atom. The zero-order valence-corrected chi connectivity index (χ0v) is 10.3. The van der Waals surface area contributed by atoms with Crippen molar-refractivity contribution in [3.63, 3.8) is 0 Å². The van der Waals surface area contributed by atoms with Crippen LogP contribution in [0.25, 0.3) is 6.08 Å². The van der Waals surface area contributed by atoms with Gasteiger partial charge in [0.1, 0.15) is 0 Å². The SMILES string of the molecule is Cc1cc(NS(C)(=O)=O)ccc1C=CC(=O)O. The van der Waals surface area contributed by atoms with Crippen LogP contribution in [0.1, 0.15) is 11.1 Å². The molecule has 17 heavy (non-hydrogen) atoms. The molecule has 1 aromatic carbocycles. The Bertz CT molecular complexity index is 561. The van der Waals surface area contributed by atoms with E-state index in [4.69, 9.17) is 5.11 Å². The lowest BCUT2D eigenvalue weighted by atomic mass is 10.1.